The Labute approximate surface area is 103 Å². The van der Waals surface area contributed by atoms with Crippen molar-refractivity contribution < 1.29 is 9.18 Å². The van der Waals surface area contributed by atoms with Gasteiger partial charge in [-0.05, 0) is 25.8 Å². The Hall–Kier alpha value is -0.970. The fraction of sp³-hybridized carbons (Fsp3) is 0.455. The van der Waals surface area contributed by atoms with Crippen molar-refractivity contribution in [1.82, 2.24) is 10.3 Å². The number of halogens is 2. The van der Waals surface area contributed by atoms with Gasteiger partial charge in [0, 0.05) is 17.6 Å². The van der Waals surface area contributed by atoms with Crippen molar-refractivity contribution in [2.45, 2.75) is 25.8 Å². The number of hydrogen-bond donors (Lipinski definition) is 1. The van der Waals surface area contributed by atoms with E-state index in [9.17, 15) is 9.18 Å². The zero-order valence-electron chi connectivity index (χ0n) is 9.04. The van der Waals surface area contributed by atoms with Crippen molar-refractivity contribution >= 4 is 21.8 Å². The molecule has 0 saturated carbocycles. The van der Waals surface area contributed by atoms with Crippen LogP contribution in [-0.2, 0) is 0 Å². The van der Waals surface area contributed by atoms with Crippen LogP contribution in [0.3, 0.4) is 0 Å². The van der Waals surface area contributed by atoms with Gasteiger partial charge >= 0.3 is 0 Å². The maximum absolute atomic E-state index is 12.8. The number of nitrogens with zero attached hydrogens (tertiary/aromatic N) is 1. The zero-order valence-corrected chi connectivity index (χ0v) is 10.6. The van der Waals surface area contributed by atoms with Gasteiger partial charge in [-0.1, -0.05) is 15.9 Å². The number of pyridine rings is 1. The Morgan fingerprint density at radius 1 is 1.62 bits per heavy atom. The molecule has 0 bridgehead atoms. The molecule has 0 radical (unpaired) electrons. The molecule has 1 heterocycles. The van der Waals surface area contributed by atoms with Gasteiger partial charge in [0.2, 0.25) is 0 Å². The zero-order chi connectivity index (χ0) is 12.0. The third kappa shape index (κ3) is 4.26. The minimum Gasteiger partial charge on any atom is -0.350 e. The lowest BCUT2D eigenvalue weighted by Crippen LogP contribution is -2.32. The molecule has 88 valence electrons. The average molecular weight is 289 g/mol. The smallest absolute Gasteiger partial charge is 0.253 e. The lowest BCUT2D eigenvalue weighted by atomic mass is 10.2. The molecule has 0 saturated heterocycles. The summed E-state index contributed by atoms with van der Waals surface area (Å²) in [5, 5.41) is 3.70. The Kier molecular flexibility index (Phi) is 5.38. The number of hydrogen-bond acceptors (Lipinski definition) is 2. The Balaban J connectivity index is 2.52. The van der Waals surface area contributed by atoms with E-state index in [-0.39, 0.29) is 17.5 Å². The summed E-state index contributed by atoms with van der Waals surface area (Å²) in [4.78, 5) is 15.3. The molecule has 0 aliphatic carbocycles. The molecule has 1 unspecified atom stereocenters. The van der Waals surface area contributed by atoms with Crippen LogP contribution in [0, 0.1) is 5.82 Å². The largest absolute Gasteiger partial charge is 0.350 e. The van der Waals surface area contributed by atoms with Crippen molar-refractivity contribution in [3.8, 4) is 0 Å². The van der Waals surface area contributed by atoms with Crippen LogP contribution in [0.1, 0.15) is 30.1 Å². The summed E-state index contributed by atoms with van der Waals surface area (Å²) < 4.78 is 12.8. The monoisotopic (exact) mass is 288 g/mol. The highest BCUT2D eigenvalue weighted by atomic mass is 79.9. The normalized spacial score (nSPS) is 12.2. The van der Waals surface area contributed by atoms with E-state index in [1.54, 1.807) is 0 Å². The van der Waals surface area contributed by atoms with E-state index in [2.05, 4.69) is 26.2 Å². The molecule has 1 rings (SSSR count). The summed E-state index contributed by atoms with van der Waals surface area (Å²) in [7, 11) is 0. The second-order valence-corrected chi connectivity index (χ2v) is 4.39. The highest BCUT2D eigenvalue weighted by Gasteiger charge is 2.10. The van der Waals surface area contributed by atoms with Crippen LogP contribution in [0.25, 0.3) is 0 Å². The van der Waals surface area contributed by atoms with Gasteiger partial charge in [0.15, 0.2) is 0 Å². The van der Waals surface area contributed by atoms with Crippen LogP contribution in [0.2, 0.25) is 0 Å². The standard InChI is InChI=1S/C11H14BrFN2O/c1-8(3-2-4-12)15-11(16)9-5-10(13)7-14-6-9/h5-8H,2-4H2,1H3,(H,15,16). The number of amides is 1. The van der Waals surface area contributed by atoms with Crippen molar-refractivity contribution in [3.63, 3.8) is 0 Å². The summed E-state index contributed by atoms with van der Waals surface area (Å²) in [6.07, 6.45) is 4.31. The van der Waals surface area contributed by atoms with E-state index in [1.165, 1.54) is 12.3 Å². The van der Waals surface area contributed by atoms with E-state index in [0.29, 0.717) is 0 Å². The van der Waals surface area contributed by atoms with Crippen molar-refractivity contribution in [1.29, 1.82) is 0 Å². The Bertz CT molecular complexity index is 360. The van der Waals surface area contributed by atoms with Gasteiger partial charge in [0.1, 0.15) is 5.82 Å². The molecule has 16 heavy (non-hydrogen) atoms. The maximum atomic E-state index is 12.8. The SMILES string of the molecule is CC(CCCBr)NC(=O)c1cncc(F)c1. The number of carbonyl (C=O) groups is 1. The van der Waals surface area contributed by atoms with Crippen LogP contribution in [-0.4, -0.2) is 22.3 Å². The summed E-state index contributed by atoms with van der Waals surface area (Å²) in [5.74, 6) is -0.783. The molecular formula is C11H14BrFN2O. The van der Waals surface area contributed by atoms with Gasteiger partial charge in [-0.3, -0.25) is 9.78 Å². The highest BCUT2D eigenvalue weighted by Crippen LogP contribution is 2.03. The summed E-state index contributed by atoms with van der Waals surface area (Å²) in [5.41, 5.74) is 0.255. The van der Waals surface area contributed by atoms with Gasteiger partial charge in [-0.2, -0.15) is 0 Å². The number of carbonyl (C=O) groups excluding carboxylic acids is 1. The fourth-order valence-corrected chi connectivity index (χ4v) is 1.62. The Morgan fingerprint density at radius 3 is 3.00 bits per heavy atom. The van der Waals surface area contributed by atoms with Crippen LogP contribution in [0.5, 0.6) is 0 Å². The fourth-order valence-electron chi connectivity index (χ4n) is 1.30. The van der Waals surface area contributed by atoms with E-state index >= 15 is 0 Å². The minimum atomic E-state index is -0.499. The first-order valence-corrected chi connectivity index (χ1v) is 6.23. The molecule has 1 amide bonds. The summed E-state index contributed by atoms with van der Waals surface area (Å²) >= 11 is 3.33. The molecular weight excluding hydrogens is 275 g/mol. The lowest BCUT2D eigenvalue weighted by molar-refractivity contribution is 0.0937. The molecule has 1 aromatic heterocycles. The molecule has 3 nitrogen and oxygen atoms in total. The quantitative estimate of drug-likeness (QED) is 0.846. The second-order valence-electron chi connectivity index (χ2n) is 3.60. The summed E-state index contributed by atoms with van der Waals surface area (Å²) in [6, 6.07) is 1.26. The topological polar surface area (TPSA) is 42.0 Å². The van der Waals surface area contributed by atoms with Crippen LogP contribution in [0.15, 0.2) is 18.5 Å². The van der Waals surface area contributed by atoms with Gasteiger partial charge in [0.05, 0.1) is 11.8 Å². The molecule has 1 atom stereocenters. The predicted molar refractivity (Wildman–Crippen MR) is 64.2 cm³/mol. The van der Waals surface area contributed by atoms with E-state index in [1.807, 2.05) is 6.92 Å². The van der Waals surface area contributed by atoms with Crippen molar-refractivity contribution in [2.75, 3.05) is 5.33 Å². The van der Waals surface area contributed by atoms with Gasteiger partial charge in [0.25, 0.3) is 5.91 Å². The molecule has 5 heteroatoms. The van der Waals surface area contributed by atoms with Gasteiger partial charge < -0.3 is 5.32 Å². The molecule has 1 N–H and O–H groups in total. The average Bonchev–Trinajstić information content (AvgIpc) is 2.26. The minimum absolute atomic E-state index is 0.0771. The van der Waals surface area contributed by atoms with Crippen LogP contribution in [0.4, 0.5) is 4.39 Å². The van der Waals surface area contributed by atoms with Gasteiger partial charge in [-0.25, -0.2) is 4.39 Å². The van der Waals surface area contributed by atoms with Crippen molar-refractivity contribution in [3.05, 3.63) is 29.8 Å². The molecule has 0 aliphatic heterocycles. The molecule has 1 aromatic rings. The highest BCUT2D eigenvalue weighted by molar-refractivity contribution is 9.09. The van der Waals surface area contributed by atoms with E-state index in [4.69, 9.17) is 0 Å². The van der Waals surface area contributed by atoms with Crippen molar-refractivity contribution in [2.24, 2.45) is 0 Å². The number of alkyl halides is 1. The lowest BCUT2D eigenvalue weighted by Gasteiger charge is -2.12. The number of rotatable bonds is 5. The van der Waals surface area contributed by atoms with Crippen LogP contribution >= 0.6 is 15.9 Å². The van der Waals surface area contributed by atoms with E-state index in [0.717, 1.165) is 24.4 Å². The first-order valence-electron chi connectivity index (χ1n) is 5.11. The number of nitrogens with one attached hydrogen (secondary N) is 1. The second kappa shape index (κ2) is 6.58. The molecule has 0 spiro atoms. The number of aromatic nitrogens is 1. The third-order valence-corrected chi connectivity index (χ3v) is 2.68. The predicted octanol–water partition coefficient (Wildman–Crippen LogP) is 2.51. The Morgan fingerprint density at radius 2 is 2.38 bits per heavy atom. The maximum Gasteiger partial charge on any atom is 0.253 e. The molecule has 0 aliphatic rings. The third-order valence-electron chi connectivity index (χ3n) is 2.12. The van der Waals surface area contributed by atoms with E-state index < -0.39 is 5.82 Å². The first-order chi connectivity index (χ1) is 7.63. The molecule has 0 aromatic carbocycles. The first kappa shape index (κ1) is 13.1. The van der Waals surface area contributed by atoms with Crippen LogP contribution < -0.4 is 5.32 Å². The summed E-state index contributed by atoms with van der Waals surface area (Å²) in [6.45, 7) is 1.92. The molecule has 0 fully saturated rings. The van der Waals surface area contributed by atoms with Gasteiger partial charge in [-0.15, -0.1) is 0 Å².